The first-order valence-corrected chi connectivity index (χ1v) is 9.05. The average Bonchev–Trinajstić information content (AvgIpc) is 2.98. The molecule has 8 heteroatoms. The van der Waals surface area contributed by atoms with Crippen LogP contribution in [-0.2, 0) is 20.9 Å². The van der Waals surface area contributed by atoms with Crippen LogP contribution in [0.15, 0.2) is 4.52 Å². The summed E-state index contributed by atoms with van der Waals surface area (Å²) in [6, 6.07) is -0.121. The molecule has 1 aliphatic carbocycles. The first-order valence-electron chi connectivity index (χ1n) is 9.05. The molecule has 3 aliphatic rings. The van der Waals surface area contributed by atoms with Crippen LogP contribution in [0.25, 0.3) is 0 Å². The summed E-state index contributed by atoms with van der Waals surface area (Å²) in [5.41, 5.74) is 0. The van der Waals surface area contributed by atoms with E-state index >= 15 is 0 Å². The van der Waals surface area contributed by atoms with Crippen molar-refractivity contribution in [3.63, 3.8) is 0 Å². The summed E-state index contributed by atoms with van der Waals surface area (Å²) in [7, 11) is 0. The molecule has 3 heterocycles. The van der Waals surface area contributed by atoms with Gasteiger partial charge in [0.1, 0.15) is 12.1 Å². The van der Waals surface area contributed by atoms with Gasteiger partial charge in [0.25, 0.3) is 0 Å². The van der Waals surface area contributed by atoms with Crippen molar-refractivity contribution in [2.75, 3.05) is 13.1 Å². The fourth-order valence-electron chi connectivity index (χ4n) is 3.82. The summed E-state index contributed by atoms with van der Waals surface area (Å²) in [4.78, 5) is 32.5. The lowest BCUT2D eigenvalue weighted by Crippen LogP contribution is -2.43. The molecule has 3 fully saturated rings. The minimum Gasteiger partial charge on any atom is -0.461 e. The molecule has 0 unspecified atom stereocenters. The van der Waals surface area contributed by atoms with Gasteiger partial charge in [0.2, 0.25) is 11.8 Å². The summed E-state index contributed by atoms with van der Waals surface area (Å²) >= 11 is 0. The summed E-state index contributed by atoms with van der Waals surface area (Å²) < 4.78 is 10.6. The zero-order valence-electron chi connectivity index (χ0n) is 14.7. The van der Waals surface area contributed by atoms with E-state index in [4.69, 9.17) is 9.26 Å². The standard InChI is InChI=1S/C17H24N4O4/c1-10-7-14(17(23)24-10)20-6-5-13(8-20)21(11(2)22)9-15-18-16(25-19-15)12-3-4-12/h10,12-14H,3-9H2,1-2H3/t10-,13+,14-/m0/s1. The molecule has 0 N–H and O–H groups in total. The predicted octanol–water partition coefficient (Wildman–Crippen LogP) is 1.07. The lowest BCUT2D eigenvalue weighted by atomic mass is 10.1. The van der Waals surface area contributed by atoms with Crippen LogP contribution in [0.5, 0.6) is 0 Å². The molecule has 1 aromatic rings. The molecule has 136 valence electrons. The minimum atomic E-state index is -0.180. The van der Waals surface area contributed by atoms with Crippen LogP contribution in [0.3, 0.4) is 0 Å². The van der Waals surface area contributed by atoms with Gasteiger partial charge >= 0.3 is 5.97 Å². The number of hydrogen-bond acceptors (Lipinski definition) is 7. The van der Waals surface area contributed by atoms with Crippen molar-refractivity contribution in [1.82, 2.24) is 19.9 Å². The Labute approximate surface area is 146 Å². The lowest BCUT2D eigenvalue weighted by molar-refractivity contribution is -0.144. The van der Waals surface area contributed by atoms with E-state index in [2.05, 4.69) is 15.0 Å². The van der Waals surface area contributed by atoms with E-state index in [9.17, 15) is 9.59 Å². The molecule has 0 bridgehead atoms. The second-order valence-electron chi connectivity index (χ2n) is 7.41. The van der Waals surface area contributed by atoms with Crippen molar-refractivity contribution >= 4 is 11.9 Å². The molecule has 3 atom stereocenters. The van der Waals surface area contributed by atoms with E-state index in [0.29, 0.717) is 30.7 Å². The number of rotatable bonds is 5. The van der Waals surface area contributed by atoms with Crippen LogP contribution in [0.2, 0.25) is 0 Å². The molecule has 8 nitrogen and oxygen atoms in total. The number of esters is 1. The number of likely N-dealkylation sites (tertiary alicyclic amines) is 1. The average molecular weight is 348 g/mol. The number of nitrogens with zero attached hydrogens (tertiary/aromatic N) is 4. The number of aromatic nitrogens is 2. The zero-order chi connectivity index (χ0) is 17.6. The van der Waals surface area contributed by atoms with Crippen LogP contribution in [0.4, 0.5) is 0 Å². The highest BCUT2D eigenvalue weighted by atomic mass is 16.6. The van der Waals surface area contributed by atoms with Crippen molar-refractivity contribution in [3.8, 4) is 0 Å². The summed E-state index contributed by atoms with van der Waals surface area (Å²) in [6.45, 7) is 5.31. The third-order valence-electron chi connectivity index (χ3n) is 5.35. The van der Waals surface area contributed by atoms with Gasteiger partial charge < -0.3 is 14.2 Å². The number of hydrogen-bond donors (Lipinski definition) is 0. The molecule has 1 saturated carbocycles. The topological polar surface area (TPSA) is 88.8 Å². The summed E-state index contributed by atoms with van der Waals surface area (Å²) in [5.74, 6) is 1.50. The van der Waals surface area contributed by atoms with E-state index in [1.807, 2.05) is 6.92 Å². The molecular formula is C17H24N4O4. The van der Waals surface area contributed by atoms with Crippen molar-refractivity contribution < 1.29 is 18.8 Å². The third-order valence-corrected chi connectivity index (χ3v) is 5.35. The van der Waals surface area contributed by atoms with Gasteiger partial charge in [-0.25, -0.2) is 0 Å². The monoisotopic (exact) mass is 348 g/mol. The zero-order valence-corrected chi connectivity index (χ0v) is 14.7. The van der Waals surface area contributed by atoms with Gasteiger partial charge in [0.15, 0.2) is 5.82 Å². The number of cyclic esters (lactones) is 1. The Kier molecular flexibility index (Phi) is 4.23. The van der Waals surface area contributed by atoms with Gasteiger partial charge in [-0.2, -0.15) is 4.98 Å². The van der Waals surface area contributed by atoms with Gasteiger partial charge in [-0.1, -0.05) is 5.16 Å². The Morgan fingerprint density at radius 3 is 2.80 bits per heavy atom. The Hall–Kier alpha value is -1.96. The van der Waals surface area contributed by atoms with E-state index in [1.165, 1.54) is 0 Å². The Morgan fingerprint density at radius 1 is 1.36 bits per heavy atom. The molecule has 2 saturated heterocycles. The maximum Gasteiger partial charge on any atom is 0.323 e. The first-order chi connectivity index (χ1) is 12.0. The molecule has 4 rings (SSSR count). The highest BCUT2D eigenvalue weighted by molar-refractivity contribution is 5.78. The van der Waals surface area contributed by atoms with Crippen LogP contribution >= 0.6 is 0 Å². The SMILES string of the molecule is CC(=O)N(Cc1noc(C2CC2)n1)[C@@H]1CCN([C@H]2C[C@H](C)OC2=O)C1. The van der Waals surface area contributed by atoms with Crippen molar-refractivity contribution in [2.45, 2.75) is 70.2 Å². The number of carbonyl (C=O) groups is 2. The van der Waals surface area contributed by atoms with Crippen LogP contribution < -0.4 is 0 Å². The minimum absolute atomic E-state index is 0.00742. The largest absolute Gasteiger partial charge is 0.461 e. The number of amides is 1. The molecule has 2 aliphatic heterocycles. The maximum atomic E-state index is 12.2. The number of ether oxygens (including phenoxy) is 1. The molecule has 1 amide bonds. The molecule has 0 aromatic carbocycles. The summed E-state index contributed by atoms with van der Waals surface area (Å²) in [6.07, 6.45) is 3.74. The predicted molar refractivity (Wildman–Crippen MR) is 86.4 cm³/mol. The molecule has 25 heavy (non-hydrogen) atoms. The first kappa shape index (κ1) is 16.5. The quantitative estimate of drug-likeness (QED) is 0.736. The normalized spacial score (nSPS) is 29.8. The van der Waals surface area contributed by atoms with Crippen LogP contribution in [-0.4, -0.2) is 63.1 Å². The van der Waals surface area contributed by atoms with E-state index in [-0.39, 0.29) is 30.1 Å². The number of carbonyl (C=O) groups excluding carboxylic acids is 2. The Bertz CT molecular complexity index is 671. The van der Waals surface area contributed by atoms with E-state index < -0.39 is 0 Å². The maximum absolute atomic E-state index is 12.2. The fourth-order valence-corrected chi connectivity index (χ4v) is 3.82. The molecule has 0 spiro atoms. The van der Waals surface area contributed by atoms with E-state index in [0.717, 1.165) is 32.2 Å². The molecular weight excluding hydrogens is 324 g/mol. The second-order valence-corrected chi connectivity index (χ2v) is 7.41. The van der Waals surface area contributed by atoms with Crippen LogP contribution in [0.1, 0.15) is 57.2 Å². The van der Waals surface area contributed by atoms with Gasteiger partial charge in [-0.15, -0.1) is 0 Å². The van der Waals surface area contributed by atoms with Crippen molar-refractivity contribution in [3.05, 3.63) is 11.7 Å². The van der Waals surface area contributed by atoms with Gasteiger partial charge in [0, 0.05) is 38.4 Å². The Balaban J connectivity index is 1.40. The smallest absolute Gasteiger partial charge is 0.323 e. The molecule has 0 radical (unpaired) electrons. The van der Waals surface area contributed by atoms with Gasteiger partial charge in [-0.3, -0.25) is 14.5 Å². The van der Waals surface area contributed by atoms with E-state index in [1.54, 1.807) is 11.8 Å². The lowest BCUT2D eigenvalue weighted by Gasteiger charge is -2.27. The highest BCUT2D eigenvalue weighted by Gasteiger charge is 2.41. The van der Waals surface area contributed by atoms with Crippen molar-refractivity contribution in [2.24, 2.45) is 0 Å². The van der Waals surface area contributed by atoms with Gasteiger partial charge in [0.05, 0.1) is 6.54 Å². The highest BCUT2D eigenvalue weighted by Crippen LogP contribution is 2.39. The Morgan fingerprint density at radius 2 is 2.16 bits per heavy atom. The van der Waals surface area contributed by atoms with Crippen LogP contribution in [0, 0.1) is 0 Å². The van der Waals surface area contributed by atoms with Crippen molar-refractivity contribution in [1.29, 1.82) is 0 Å². The fraction of sp³-hybridized carbons (Fsp3) is 0.765. The summed E-state index contributed by atoms with van der Waals surface area (Å²) in [5, 5.41) is 4.02. The second kappa shape index (κ2) is 6.40. The molecule has 1 aromatic heterocycles. The third kappa shape index (κ3) is 3.40. The van der Waals surface area contributed by atoms with Gasteiger partial charge in [-0.05, 0) is 26.2 Å².